The van der Waals surface area contributed by atoms with E-state index in [1.807, 2.05) is 0 Å². The Morgan fingerprint density at radius 3 is 2.40 bits per heavy atom. The molecule has 2 aromatic rings. The lowest BCUT2D eigenvalue weighted by Gasteiger charge is -2.44. The number of carbonyl (C=O) groups is 2. The molecule has 1 atom stereocenters. The molecule has 2 bridgehead atoms. The van der Waals surface area contributed by atoms with Gasteiger partial charge in [0.15, 0.2) is 0 Å². The van der Waals surface area contributed by atoms with E-state index in [0.29, 0.717) is 11.6 Å². The molecular weight excluding hydrogens is 462 g/mol. The van der Waals surface area contributed by atoms with Gasteiger partial charge in [-0.3, -0.25) is 14.5 Å². The molecule has 5 fully saturated rings. The van der Waals surface area contributed by atoms with E-state index in [-0.39, 0.29) is 18.4 Å². The van der Waals surface area contributed by atoms with Crippen molar-refractivity contribution < 1.29 is 14.7 Å². The number of fused-ring (bicyclic) bond motifs is 4. The van der Waals surface area contributed by atoms with Crippen molar-refractivity contribution in [3.8, 4) is 0 Å². The zero-order valence-electron chi connectivity index (χ0n) is 20.4. The molecule has 5 heterocycles. The maximum Gasteiger partial charge on any atom is 0.290 e. The highest BCUT2D eigenvalue weighted by atomic mass is 32.1. The van der Waals surface area contributed by atoms with E-state index in [1.54, 1.807) is 0 Å². The number of benzene rings is 1. The van der Waals surface area contributed by atoms with Gasteiger partial charge in [-0.2, -0.15) is 4.37 Å². The van der Waals surface area contributed by atoms with E-state index in [0.717, 1.165) is 35.8 Å². The zero-order chi connectivity index (χ0) is 24.2. The minimum Gasteiger partial charge on any atom is -0.483 e. The molecule has 4 saturated heterocycles. The fraction of sp³-hybridized carbons (Fsp3) is 0.654. The first-order valence-electron chi connectivity index (χ1n) is 13.2. The summed E-state index contributed by atoms with van der Waals surface area (Å²) in [7, 11) is 0. The number of aromatic nitrogens is 1. The number of nitrogens with one attached hydrogen (secondary N) is 1. The lowest BCUT2D eigenvalue weighted by atomic mass is 9.84. The highest BCUT2D eigenvalue weighted by Gasteiger charge is 2.35. The minimum atomic E-state index is -0.250. The van der Waals surface area contributed by atoms with Crippen molar-refractivity contribution in [2.75, 3.05) is 50.7 Å². The van der Waals surface area contributed by atoms with E-state index >= 15 is 0 Å². The van der Waals surface area contributed by atoms with E-state index in [1.165, 1.54) is 88.3 Å². The van der Waals surface area contributed by atoms with Crippen LogP contribution in [0.4, 0.5) is 5.69 Å². The van der Waals surface area contributed by atoms with Gasteiger partial charge in [-0.15, -0.1) is 0 Å². The first-order chi connectivity index (χ1) is 17.2. The predicted molar refractivity (Wildman–Crippen MR) is 139 cm³/mol. The van der Waals surface area contributed by atoms with Crippen LogP contribution < -0.4 is 10.2 Å². The molecule has 9 heteroatoms. The van der Waals surface area contributed by atoms with E-state index in [4.69, 9.17) is 9.90 Å². The van der Waals surface area contributed by atoms with Crippen molar-refractivity contribution in [3.63, 3.8) is 0 Å². The average Bonchev–Trinajstić information content (AvgIpc) is 3.34. The Morgan fingerprint density at radius 1 is 1.03 bits per heavy atom. The van der Waals surface area contributed by atoms with Crippen LogP contribution in [0, 0.1) is 5.92 Å². The second-order valence-electron chi connectivity index (χ2n) is 10.3. The monoisotopic (exact) mass is 499 g/mol. The number of anilines is 1. The Bertz CT molecular complexity index is 1010. The maximum atomic E-state index is 13.0. The zero-order valence-corrected chi connectivity index (χ0v) is 21.2. The van der Waals surface area contributed by atoms with Gasteiger partial charge in [0.05, 0.1) is 4.70 Å². The third-order valence-corrected chi connectivity index (χ3v) is 9.22. The number of amides is 1. The number of carboxylic acid groups (broad SMARTS) is 1. The van der Waals surface area contributed by atoms with Crippen molar-refractivity contribution in [2.24, 2.45) is 5.92 Å². The number of piperidine rings is 3. The highest BCUT2D eigenvalue weighted by molar-refractivity contribution is 7.13. The normalized spacial score (nSPS) is 27.3. The minimum absolute atomic E-state index is 0.00356. The standard InChI is InChI=1S/C25H35N5OS.CH2O2/c31-25(26-22-17-28-10-8-18(22)9-11-28)24-21-7-6-20(16-23(21)32-27-24)30-14-12-29(13-15-30)19-4-2-1-3-5-19;2-1-3/h6-7,16,18-19,22H,1-5,8-15,17H2,(H,26,31);1H,(H,2,3)/t22-;/m1./s1. The van der Waals surface area contributed by atoms with Crippen LogP contribution >= 0.6 is 11.5 Å². The van der Waals surface area contributed by atoms with Gasteiger partial charge in [0.1, 0.15) is 5.69 Å². The van der Waals surface area contributed by atoms with E-state index in [9.17, 15) is 4.79 Å². The average molecular weight is 500 g/mol. The largest absolute Gasteiger partial charge is 0.483 e. The summed E-state index contributed by atoms with van der Waals surface area (Å²) in [5.74, 6) is 0.636. The molecule has 1 saturated carbocycles. The molecule has 1 aromatic heterocycles. The third kappa shape index (κ3) is 5.47. The van der Waals surface area contributed by atoms with E-state index in [2.05, 4.69) is 42.6 Å². The van der Waals surface area contributed by atoms with Crippen molar-refractivity contribution in [1.82, 2.24) is 19.5 Å². The fourth-order valence-corrected chi connectivity index (χ4v) is 7.25. The van der Waals surface area contributed by atoms with Crippen molar-refractivity contribution >= 4 is 39.7 Å². The van der Waals surface area contributed by atoms with E-state index < -0.39 is 0 Å². The number of piperazine rings is 1. The van der Waals surface area contributed by atoms with Crippen molar-refractivity contribution in [2.45, 2.75) is 57.0 Å². The first-order valence-corrected chi connectivity index (χ1v) is 13.9. The van der Waals surface area contributed by atoms with Crippen LogP contribution in [0.2, 0.25) is 0 Å². The second kappa shape index (κ2) is 11.2. The van der Waals surface area contributed by atoms with Crippen molar-refractivity contribution in [1.29, 1.82) is 0 Å². The second-order valence-corrected chi connectivity index (χ2v) is 11.2. The first kappa shape index (κ1) is 24.5. The lowest BCUT2D eigenvalue weighted by molar-refractivity contribution is -0.122. The lowest BCUT2D eigenvalue weighted by Crippen LogP contribution is -2.57. The molecular formula is C26H37N5O3S. The molecule has 1 aliphatic carbocycles. The summed E-state index contributed by atoms with van der Waals surface area (Å²) in [4.78, 5) is 29.1. The summed E-state index contributed by atoms with van der Waals surface area (Å²) >= 11 is 1.46. The predicted octanol–water partition coefficient (Wildman–Crippen LogP) is 3.28. The molecule has 1 aromatic carbocycles. The Morgan fingerprint density at radius 2 is 1.74 bits per heavy atom. The molecule has 0 unspecified atom stereocenters. The summed E-state index contributed by atoms with van der Waals surface area (Å²) in [5, 5.41) is 11.2. The summed E-state index contributed by atoms with van der Waals surface area (Å²) in [6.45, 7) is 7.64. The Hall–Kier alpha value is -2.23. The quantitative estimate of drug-likeness (QED) is 0.624. The van der Waals surface area contributed by atoms with Gasteiger partial charge in [0.25, 0.3) is 12.4 Å². The fourth-order valence-electron chi connectivity index (χ4n) is 6.44. The van der Waals surface area contributed by atoms with Crippen LogP contribution in [-0.2, 0) is 4.79 Å². The van der Waals surface area contributed by atoms with Crippen LogP contribution in [0.15, 0.2) is 18.2 Å². The molecule has 0 radical (unpaired) electrons. The molecule has 0 spiro atoms. The molecule has 2 N–H and O–H groups in total. The van der Waals surface area contributed by atoms with Crippen LogP contribution in [0.1, 0.15) is 55.4 Å². The summed E-state index contributed by atoms with van der Waals surface area (Å²) in [6.07, 6.45) is 9.42. The molecule has 8 nitrogen and oxygen atoms in total. The summed E-state index contributed by atoms with van der Waals surface area (Å²) in [5.41, 5.74) is 1.88. The van der Waals surface area contributed by atoms with Gasteiger partial charge in [-0.1, -0.05) is 19.3 Å². The molecule has 4 aliphatic heterocycles. The molecule has 1 amide bonds. The van der Waals surface area contributed by atoms with Gasteiger partial charge in [-0.25, -0.2) is 0 Å². The molecule has 7 rings (SSSR count). The topological polar surface area (TPSA) is 89.0 Å². The van der Waals surface area contributed by atoms with Crippen LogP contribution in [-0.4, -0.2) is 89.6 Å². The van der Waals surface area contributed by atoms with Crippen LogP contribution in [0.5, 0.6) is 0 Å². The molecule has 5 aliphatic rings. The van der Waals surface area contributed by atoms with Crippen molar-refractivity contribution in [3.05, 3.63) is 23.9 Å². The number of hydrogen-bond donors (Lipinski definition) is 2. The smallest absolute Gasteiger partial charge is 0.290 e. The number of rotatable bonds is 4. The SMILES string of the molecule is O=C(N[C@@H]1CN2CCC1CC2)c1nsc2cc(N3CCN(C4CCCCC4)CC3)ccc12.O=CO. The highest BCUT2D eigenvalue weighted by Crippen LogP contribution is 2.31. The molecule has 35 heavy (non-hydrogen) atoms. The molecule has 190 valence electrons. The summed E-state index contributed by atoms with van der Waals surface area (Å²) in [6, 6.07) is 7.65. The van der Waals surface area contributed by atoms with Gasteiger partial charge in [0.2, 0.25) is 0 Å². The Labute approximate surface area is 211 Å². The van der Waals surface area contributed by atoms with Crippen LogP contribution in [0.3, 0.4) is 0 Å². The number of carbonyl (C=O) groups excluding carboxylic acids is 1. The number of hydrogen-bond acceptors (Lipinski definition) is 7. The Balaban J connectivity index is 0.000000806. The van der Waals surface area contributed by atoms with Gasteiger partial charge in [0, 0.05) is 55.9 Å². The number of nitrogens with zero attached hydrogens (tertiary/aromatic N) is 4. The van der Waals surface area contributed by atoms with Gasteiger partial charge in [-0.05, 0) is 74.4 Å². The third-order valence-electron chi connectivity index (χ3n) is 8.41. The maximum absolute atomic E-state index is 13.0. The van der Waals surface area contributed by atoms with Gasteiger partial charge < -0.3 is 20.2 Å². The van der Waals surface area contributed by atoms with Crippen LogP contribution in [0.25, 0.3) is 10.1 Å². The Kier molecular flexibility index (Phi) is 7.84. The summed E-state index contributed by atoms with van der Waals surface area (Å²) < 4.78 is 5.69. The van der Waals surface area contributed by atoms with Gasteiger partial charge >= 0.3 is 0 Å².